The van der Waals surface area contributed by atoms with Gasteiger partial charge in [0.2, 0.25) is 5.91 Å². The largest absolute Gasteiger partial charge is 0.493 e. The van der Waals surface area contributed by atoms with Crippen LogP contribution in [0, 0.1) is 5.92 Å². The predicted octanol–water partition coefficient (Wildman–Crippen LogP) is 4.97. The first-order valence-corrected chi connectivity index (χ1v) is 11.0. The lowest BCUT2D eigenvalue weighted by molar-refractivity contribution is -0.121. The van der Waals surface area contributed by atoms with Gasteiger partial charge >= 0.3 is 0 Å². The van der Waals surface area contributed by atoms with E-state index in [-0.39, 0.29) is 17.0 Å². The molecule has 0 fully saturated rings. The molecule has 0 radical (unpaired) electrons. The van der Waals surface area contributed by atoms with Crippen LogP contribution in [0.5, 0.6) is 5.75 Å². The second-order valence-corrected chi connectivity index (χ2v) is 8.24. The van der Waals surface area contributed by atoms with Gasteiger partial charge in [0.05, 0.1) is 6.61 Å². The summed E-state index contributed by atoms with van der Waals surface area (Å²) in [6.07, 6.45) is 7.28. The number of unbranched alkanes of at least 4 members (excludes halogenated alkanes) is 2. The van der Waals surface area contributed by atoms with Crippen LogP contribution in [-0.2, 0) is 17.8 Å². The molecule has 0 saturated heterocycles. The van der Waals surface area contributed by atoms with Crippen molar-refractivity contribution < 1.29 is 9.53 Å². The lowest BCUT2D eigenvalue weighted by atomic mass is 9.95. The molecule has 1 amide bonds. The normalized spacial score (nSPS) is 17.5. The highest BCUT2D eigenvalue weighted by molar-refractivity contribution is 6.30. The molecular formula is C24H29ClN4O2. The highest BCUT2D eigenvalue weighted by Gasteiger charge is 2.21. The van der Waals surface area contributed by atoms with Crippen LogP contribution in [0.25, 0.3) is 0 Å². The number of hydrogen-bond donors (Lipinski definition) is 1. The number of amidine groups is 1. The summed E-state index contributed by atoms with van der Waals surface area (Å²) in [5.41, 5.74) is 4.18. The number of rotatable bonds is 10. The zero-order valence-corrected chi connectivity index (χ0v) is 18.7. The second kappa shape index (κ2) is 11.0. The molecule has 1 aromatic carbocycles. The van der Waals surface area contributed by atoms with Crippen LogP contribution < -0.4 is 10.1 Å². The Labute approximate surface area is 188 Å². The summed E-state index contributed by atoms with van der Waals surface area (Å²) in [6.45, 7) is 10.4. The number of amides is 1. The predicted molar refractivity (Wildman–Crippen MR) is 127 cm³/mol. The summed E-state index contributed by atoms with van der Waals surface area (Å²) in [6, 6.07) is 6.12. The number of allylic oxidation sites excluding steroid dienone is 1. The number of hydrogen-bond acceptors (Lipinski definition) is 4. The summed E-state index contributed by atoms with van der Waals surface area (Å²) in [5.74, 6) is 1.72. The molecule has 164 valence electrons. The van der Waals surface area contributed by atoms with Crippen LogP contribution in [-0.4, -0.2) is 31.3 Å². The Hall–Kier alpha value is -2.73. The van der Waals surface area contributed by atoms with E-state index in [1.807, 2.05) is 25.3 Å². The Balaban J connectivity index is 1.35. The van der Waals surface area contributed by atoms with E-state index in [0.29, 0.717) is 18.8 Å². The molecule has 0 spiro atoms. The van der Waals surface area contributed by atoms with Crippen molar-refractivity contribution in [1.82, 2.24) is 5.32 Å². The highest BCUT2D eigenvalue weighted by atomic mass is 35.5. The van der Waals surface area contributed by atoms with Crippen molar-refractivity contribution in [3.63, 3.8) is 0 Å². The first kappa shape index (κ1) is 22.9. The van der Waals surface area contributed by atoms with Gasteiger partial charge in [0.1, 0.15) is 16.6 Å². The van der Waals surface area contributed by atoms with Crippen LogP contribution in [0.3, 0.4) is 0 Å². The number of fused-ring (bicyclic) bond motifs is 1. The molecule has 1 aromatic rings. The lowest BCUT2D eigenvalue weighted by Gasteiger charge is -2.10. The number of aliphatic imine (C=N–C) groups is 3. The Bertz CT molecular complexity index is 949. The number of nitrogens with zero attached hydrogens (tertiary/aromatic N) is 3. The molecule has 7 heteroatoms. The highest BCUT2D eigenvalue weighted by Crippen LogP contribution is 2.28. The van der Waals surface area contributed by atoms with E-state index in [1.54, 1.807) is 0 Å². The van der Waals surface area contributed by atoms with E-state index in [1.165, 1.54) is 5.56 Å². The zero-order valence-electron chi connectivity index (χ0n) is 18.0. The lowest BCUT2D eigenvalue weighted by Crippen LogP contribution is -2.22. The summed E-state index contributed by atoms with van der Waals surface area (Å²) in [7, 11) is 0. The quantitative estimate of drug-likeness (QED) is 0.241. The molecule has 0 aliphatic carbocycles. The van der Waals surface area contributed by atoms with Gasteiger partial charge in [-0.2, -0.15) is 0 Å². The van der Waals surface area contributed by atoms with Crippen molar-refractivity contribution in [2.75, 3.05) is 6.61 Å². The molecule has 0 bridgehead atoms. The minimum Gasteiger partial charge on any atom is -0.493 e. The van der Waals surface area contributed by atoms with Crippen LogP contribution in [0.1, 0.15) is 50.2 Å². The number of carbonyl (C=O) groups is 1. The molecule has 2 heterocycles. The average molecular weight is 441 g/mol. The first-order chi connectivity index (χ1) is 15.0. The van der Waals surface area contributed by atoms with Gasteiger partial charge in [-0.05, 0) is 49.2 Å². The van der Waals surface area contributed by atoms with Crippen LogP contribution in [0.2, 0.25) is 0 Å². The molecule has 2 aliphatic rings. The number of halogens is 1. The Morgan fingerprint density at radius 1 is 1.35 bits per heavy atom. The Kier molecular flexibility index (Phi) is 8.18. The van der Waals surface area contributed by atoms with Crippen molar-refractivity contribution in [3.05, 3.63) is 52.3 Å². The van der Waals surface area contributed by atoms with Gasteiger partial charge in [0.15, 0.2) is 5.84 Å². The second-order valence-electron chi connectivity index (χ2n) is 7.80. The molecular weight excluding hydrogens is 412 g/mol. The van der Waals surface area contributed by atoms with Gasteiger partial charge in [-0.1, -0.05) is 43.2 Å². The minimum absolute atomic E-state index is 0.0942. The molecule has 1 unspecified atom stereocenters. The first-order valence-electron chi connectivity index (χ1n) is 10.6. The number of nitrogens with one attached hydrogen (secondary N) is 1. The SMILES string of the molecule is C=N/C(=N/C(=C)Cl)C1=C(C)C(CCCCCC(=O)NCc2ccc3c(c2)CCO3)C=N1. The standard InChI is InChI=1S/C24H29ClN4O2/c1-16-20(15-28-23(16)24(26-3)29-17(2)25)7-5-4-6-8-22(30)27-14-18-9-10-21-19(13-18)11-12-31-21/h9-10,13,15,20H,2-8,11-12,14H2,1H3,(H,27,30)/b29-24+. The fraction of sp³-hybridized carbons (Fsp3) is 0.417. The van der Waals surface area contributed by atoms with Crippen LogP contribution in [0.15, 0.2) is 56.2 Å². The monoisotopic (exact) mass is 440 g/mol. The van der Waals surface area contributed by atoms with Gasteiger partial charge in [0, 0.05) is 31.5 Å². The molecule has 3 rings (SSSR count). The average Bonchev–Trinajstić information content (AvgIpc) is 3.36. The van der Waals surface area contributed by atoms with E-state index in [4.69, 9.17) is 16.3 Å². The third kappa shape index (κ3) is 6.37. The molecule has 1 N–H and O–H groups in total. The molecule has 0 aromatic heterocycles. The van der Waals surface area contributed by atoms with Gasteiger partial charge in [-0.15, -0.1) is 0 Å². The van der Waals surface area contributed by atoms with Gasteiger partial charge < -0.3 is 10.1 Å². The van der Waals surface area contributed by atoms with Crippen molar-refractivity contribution in [3.8, 4) is 5.75 Å². The van der Waals surface area contributed by atoms with Crippen molar-refractivity contribution in [1.29, 1.82) is 0 Å². The van der Waals surface area contributed by atoms with E-state index in [0.717, 1.165) is 61.3 Å². The number of carbonyl (C=O) groups excluding carboxylic acids is 1. The van der Waals surface area contributed by atoms with E-state index in [2.05, 4.69) is 39.7 Å². The van der Waals surface area contributed by atoms with Gasteiger partial charge in [-0.25, -0.2) is 9.98 Å². The third-order valence-electron chi connectivity index (χ3n) is 5.56. The molecule has 31 heavy (non-hydrogen) atoms. The van der Waals surface area contributed by atoms with Gasteiger partial charge in [0.25, 0.3) is 0 Å². The molecule has 1 atom stereocenters. The fourth-order valence-electron chi connectivity index (χ4n) is 3.82. The topological polar surface area (TPSA) is 75.4 Å². The van der Waals surface area contributed by atoms with Crippen LogP contribution >= 0.6 is 11.6 Å². The molecule has 0 saturated carbocycles. The van der Waals surface area contributed by atoms with Crippen molar-refractivity contribution in [2.24, 2.45) is 20.9 Å². The van der Waals surface area contributed by atoms with Crippen molar-refractivity contribution in [2.45, 2.75) is 52.0 Å². The Morgan fingerprint density at radius 2 is 2.19 bits per heavy atom. The maximum absolute atomic E-state index is 12.1. The third-order valence-corrected chi connectivity index (χ3v) is 5.65. The molecule has 6 nitrogen and oxygen atoms in total. The summed E-state index contributed by atoms with van der Waals surface area (Å²) in [5, 5.41) is 3.17. The fourth-order valence-corrected chi connectivity index (χ4v) is 3.90. The smallest absolute Gasteiger partial charge is 0.220 e. The summed E-state index contributed by atoms with van der Waals surface area (Å²) >= 11 is 5.76. The van der Waals surface area contributed by atoms with Crippen molar-refractivity contribution >= 4 is 36.3 Å². The Morgan fingerprint density at radius 3 is 2.97 bits per heavy atom. The maximum Gasteiger partial charge on any atom is 0.220 e. The zero-order chi connectivity index (χ0) is 22.2. The minimum atomic E-state index is 0.0942. The molecule has 2 aliphatic heterocycles. The number of benzene rings is 1. The van der Waals surface area contributed by atoms with Gasteiger partial charge in [-0.3, -0.25) is 9.79 Å². The summed E-state index contributed by atoms with van der Waals surface area (Å²) in [4.78, 5) is 24.6. The van der Waals surface area contributed by atoms with E-state index >= 15 is 0 Å². The van der Waals surface area contributed by atoms with E-state index in [9.17, 15) is 4.79 Å². The summed E-state index contributed by atoms with van der Waals surface area (Å²) < 4.78 is 5.52. The number of ether oxygens (including phenoxy) is 1. The maximum atomic E-state index is 12.1. The van der Waals surface area contributed by atoms with Crippen LogP contribution in [0.4, 0.5) is 0 Å². The van der Waals surface area contributed by atoms with E-state index < -0.39 is 0 Å².